The van der Waals surface area contributed by atoms with E-state index in [4.69, 9.17) is 15.9 Å². The Kier molecular flexibility index (Phi) is 6.78. The second-order valence-electron chi connectivity index (χ2n) is 2.44. The van der Waals surface area contributed by atoms with Crippen molar-refractivity contribution in [2.45, 2.75) is 25.7 Å². The zero-order chi connectivity index (χ0) is 9.40. The molecule has 1 N–H and O–H groups in total. The molecular weight excluding hydrogens is 154 g/mol. The Labute approximate surface area is 74.4 Å². The summed E-state index contributed by atoms with van der Waals surface area (Å²) in [6, 6.07) is 0.109. The summed E-state index contributed by atoms with van der Waals surface area (Å²) in [5.41, 5.74) is 0. The normalized spacial score (nSPS) is 12.9. The standard InChI is InChI=1S/C9H17NO2/c1-5-8(6-2)10-7-9(11-3)12-4/h1,8-10H,6-7H2,2-4H3. The number of methoxy groups -OCH3 is 2. The zero-order valence-corrected chi connectivity index (χ0v) is 7.96. The van der Waals surface area contributed by atoms with Crippen LogP contribution in [0.3, 0.4) is 0 Å². The van der Waals surface area contributed by atoms with Gasteiger partial charge in [0.25, 0.3) is 0 Å². The number of rotatable bonds is 6. The summed E-state index contributed by atoms with van der Waals surface area (Å²) in [4.78, 5) is 0. The molecule has 70 valence electrons. The van der Waals surface area contributed by atoms with Crippen molar-refractivity contribution in [3.8, 4) is 12.3 Å². The fourth-order valence-electron chi connectivity index (χ4n) is 0.822. The summed E-state index contributed by atoms with van der Waals surface area (Å²) < 4.78 is 9.97. The first-order valence-electron chi connectivity index (χ1n) is 4.03. The molecule has 0 heterocycles. The van der Waals surface area contributed by atoms with Crippen molar-refractivity contribution in [1.82, 2.24) is 5.32 Å². The second kappa shape index (κ2) is 7.11. The van der Waals surface area contributed by atoms with E-state index < -0.39 is 0 Å². The molecule has 0 bridgehead atoms. The van der Waals surface area contributed by atoms with E-state index in [1.54, 1.807) is 14.2 Å². The Hall–Kier alpha value is -0.560. The van der Waals surface area contributed by atoms with Crippen molar-refractivity contribution in [3.63, 3.8) is 0 Å². The maximum Gasteiger partial charge on any atom is 0.169 e. The van der Waals surface area contributed by atoms with E-state index in [2.05, 4.69) is 11.2 Å². The monoisotopic (exact) mass is 171 g/mol. The number of nitrogens with one attached hydrogen (secondary N) is 1. The van der Waals surface area contributed by atoms with E-state index in [0.29, 0.717) is 6.54 Å². The highest BCUT2D eigenvalue weighted by molar-refractivity contribution is 4.97. The lowest BCUT2D eigenvalue weighted by atomic mass is 10.2. The smallest absolute Gasteiger partial charge is 0.169 e. The van der Waals surface area contributed by atoms with Crippen LogP contribution in [0.2, 0.25) is 0 Å². The fourth-order valence-corrected chi connectivity index (χ4v) is 0.822. The first kappa shape index (κ1) is 11.4. The highest BCUT2D eigenvalue weighted by Gasteiger charge is 2.06. The molecule has 0 aromatic carbocycles. The molecule has 0 saturated heterocycles. The summed E-state index contributed by atoms with van der Waals surface area (Å²) in [5.74, 6) is 2.63. The maximum atomic E-state index is 5.26. The topological polar surface area (TPSA) is 30.5 Å². The number of terminal acetylenes is 1. The van der Waals surface area contributed by atoms with Gasteiger partial charge in [-0.3, -0.25) is 5.32 Å². The van der Waals surface area contributed by atoms with Gasteiger partial charge in [-0.05, 0) is 6.42 Å². The molecule has 0 aromatic heterocycles. The Morgan fingerprint density at radius 3 is 2.33 bits per heavy atom. The minimum Gasteiger partial charge on any atom is -0.355 e. The average Bonchev–Trinajstić information content (AvgIpc) is 2.13. The minimum absolute atomic E-state index is 0.109. The Morgan fingerprint density at radius 1 is 1.42 bits per heavy atom. The van der Waals surface area contributed by atoms with Gasteiger partial charge < -0.3 is 9.47 Å². The van der Waals surface area contributed by atoms with E-state index in [0.717, 1.165) is 6.42 Å². The van der Waals surface area contributed by atoms with Gasteiger partial charge in [-0.2, -0.15) is 0 Å². The van der Waals surface area contributed by atoms with Gasteiger partial charge >= 0.3 is 0 Å². The predicted molar refractivity (Wildman–Crippen MR) is 48.7 cm³/mol. The molecule has 12 heavy (non-hydrogen) atoms. The van der Waals surface area contributed by atoms with Gasteiger partial charge in [0.2, 0.25) is 0 Å². The van der Waals surface area contributed by atoms with E-state index in [1.165, 1.54) is 0 Å². The van der Waals surface area contributed by atoms with E-state index in [1.807, 2.05) is 6.92 Å². The van der Waals surface area contributed by atoms with E-state index >= 15 is 0 Å². The van der Waals surface area contributed by atoms with Gasteiger partial charge in [0.1, 0.15) is 0 Å². The zero-order valence-electron chi connectivity index (χ0n) is 7.96. The first-order valence-corrected chi connectivity index (χ1v) is 4.03. The van der Waals surface area contributed by atoms with Gasteiger partial charge in [0.05, 0.1) is 6.04 Å². The van der Waals surface area contributed by atoms with Crippen LogP contribution in [-0.2, 0) is 9.47 Å². The molecule has 0 fully saturated rings. The third-order valence-electron chi connectivity index (χ3n) is 1.67. The van der Waals surface area contributed by atoms with Crippen molar-refractivity contribution >= 4 is 0 Å². The van der Waals surface area contributed by atoms with Gasteiger partial charge in [-0.1, -0.05) is 12.8 Å². The molecule has 0 spiro atoms. The number of hydrogen-bond donors (Lipinski definition) is 1. The molecule has 3 heteroatoms. The van der Waals surface area contributed by atoms with Crippen molar-refractivity contribution in [2.24, 2.45) is 0 Å². The van der Waals surface area contributed by atoms with Gasteiger partial charge in [0, 0.05) is 20.8 Å². The molecule has 0 aliphatic heterocycles. The van der Waals surface area contributed by atoms with Crippen molar-refractivity contribution in [1.29, 1.82) is 0 Å². The summed E-state index contributed by atoms with van der Waals surface area (Å²) in [7, 11) is 3.21. The molecule has 0 saturated carbocycles. The SMILES string of the molecule is C#CC(CC)NCC(OC)OC. The number of hydrogen-bond acceptors (Lipinski definition) is 3. The molecule has 0 aliphatic rings. The van der Waals surface area contributed by atoms with Crippen LogP contribution in [0.1, 0.15) is 13.3 Å². The van der Waals surface area contributed by atoms with Gasteiger partial charge in [-0.15, -0.1) is 6.42 Å². The Bertz CT molecular complexity index is 138. The van der Waals surface area contributed by atoms with Crippen LogP contribution in [0.25, 0.3) is 0 Å². The van der Waals surface area contributed by atoms with Crippen LogP contribution in [0, 0.1) is 12.3 Å². The molecule has 1 atom stereocenters. The van der Waals surface area contributed by atoms with Crippen LogP contribution >= 0.6 is 0 Å². The molecule has 1 unspecified atom stereocenters. The summed E-state index contributed by atoms with van der Waals surface area (Å²) in [6.45, 7) is 2.65. The largest absolute Gasteiger partial charge is 0.355 e. The molecular formula is C9H17NO2. The molecule has 0 radical (unpaired) electrons. The fraction of sp³-hybridized carbons (Fsp3) is 0.778. The molecule has 0 aliphatic carbocycles. The highest BCUT2D eigenvalue weighted by Crippen LogP contribution is 1.92. The van der Waals surface area contributed by atoms with Crippen LogP contribution in [-0.4, -0.2) is 33.1 Å². The van der Waals surface area contributed by atoms with Crippen molar-refractivity contribution in [2.75, 3.05) is 20.8 Å². The third kappa shape index (κ3) is 4.35. The lowest BCUT2D eigenvalue weighted by molar-refractivity contribution is -0.0993. The average molecular weight is 171 g/mol. The minimum atomic E-state index is -0.215. The van der Waals surface area contributed by atoms with Gasteiger partial charge in [0.15, 0.2) is 6.29 Å². The molecule has 0 amide bonds. The van der Waals surface area contributed by atoms with E-state index in [-0.39, 0.29) is 12.3 Å². The lowest BCUT2D eigenvalue weighted by Gasteiger charge is -2.16. The van der Waals surface area contributed by atoms with Crippen molar-refractivity contribution < 1.29 is 9.47 Å². The molecule has 0 rings (SSSR count). The molecule has 3 nitrogen and oxygen atoms in total. The number of ether oxygens (including phenoxy) is 2. The lowest BCUT2D eigenvalue weighted by Crippen LogP contribution is -2.36. The van der Waals surface area contributed by atoms with Crippen molar-refractivity contribution in [3.05, 3.63) is 0 Å². The van der Waals surface area contributed by atoms with Crippen LogP contribution < -0.4 is 5.32 Å². The quantitative estimate of drug-likeness (QED) is 0.469. The Balaban J connectivity index is 3.58. The van der Waals surface area contributed by atoms with Crippen LogP contribution in [0.4, 0.5) is 0 Å². The van der Waals surface area contributed by atoms with Gasteiger partial charge in [-0.25, -0.2) is 0 Å². The second-order valence-corrected chi connectivity index (χ2v) is 2.44. The van der Waals surface area contributed by atoms with Crippen LogP contribution in [0.5, 0.6) is 0 Å². The molecule has 0 aromatic rings. The summed E-state index contributed by atoms with van der Waals surface area (Å²) in [5, 5.41) is 3.13. The predicted octanol–water partition coefficient (Wildman–Crippen LogP) is 0.607. The Morgan fingerprint density at radius 2 is 2.00 bits per heavy atom. The van der Waals surface area contributed by atoms with E-state index in [9.17, 15) is 0 Å². The third-order valence-corrected chi connectivity index (χ3v) is 1.67. The highest BCUT2D eigenvalue weighted by atomic mass is 16.7. The maximum absolute atomic E-state index is 5.26. The summed E-state index contributed by atoms with van der Waals surface area (Å²) >= 11 is 0. The van der Waals surface area contributed by atoms with Crippen LogP contribution in [0.15, 0.2) is 0 Å². The summed E-state index contributed by atoms with van der Waals surface area (Å²) in [6.07, 6.45) is 5.96. The first-order chi connectivity index (χ1) is 5.78.